The Morgan fingerprint density at radius 3 is 2.11 bits per heavy atom. The average molecular weight is 615 g/mol. The van der Waals surface area contributed by atoms with E-state index in [4.69, 9.17) is 4.74 Å². The molecule has 232 valence electrons. The van der Waals surface area contributed by atoms with Gasteiger partial charge in [-0.1, -0.05) is 111 Å². The van der Waals surface area contributed by atoms with Crippen LogP contribution in [-0.4, -0.2) is 50.7 Å². The van der Waals surface area contributed by atoms with E-state index in [1.54, 1.807) is 49.9 Å². The smallest absolute Gasteiger partial charge is 0.329 e. The Hall–Kier alpha value is -3.91. The number of ether oxygens (including phenoxy) is 1. The maximum absolute atomic E-state index is 14.3. The molecular formula is C36H42N2O5S. The Morgan fingerprint density at radius 2 is 1.50 bits per heavy atom. The van der Waals surface area contributed by atoms with Crippen LogP contribution in [0.5, 0.6) is 0 Å². The summed E-state index contributed by atoms with van der Waals surface area (Å²) in [7, 11) is 0. The van der Waals surface area contributed by atoms with E-state index in [1.165, 1.54) is 0 Å². The number of benzene rings is 3. The second-order valence-electron chi connectivity index (χ2n) is 12.6. The molecule has 3 aromatic rings. The van der Waals surface area contributed by atoms with Gasteiger partial charge in [0.1, 0.15) is 17.7 Å². The SMILES string of the molecule is CC(C)CC(C(=O)OC(C)(C)C)N1Cc2ccccc2CC(NC(=O)C(Cc2ccccc2)SC(=O)c2ccccc2)C1=O. The summed E-state index contributed by atoms with van der Waals surface area (Å²) < 4.78 is 5.78. The molecule has 0 aromatic heterocycles. The summed E-state index contributed by atoms with van der Waals surface area (Å²) in [5.41, 5.74) is 2.53. The lowest BCUT2D eigenvalue weighted by atomic mass is 10.0. The Balaban J connectivity index is 1.65. The number of nitrogens with one attached hydrogen (secondary N) is 1. The van der Waals surface area contributed by atoms with Gasteiger partial charge in [-0.2, -0.15) is 0 Å². The van der Waals surface area contributed by atoms with E-state index >= 15 is 0 Å². The van der Waals surface area contributed by atoms with E-state index in [2.05, 4.69) is 5.32 Å². The summed E-state index contributed by atoms with van der Waals surface area (Å²) in [6.07, 6.45) is 1.00. The van der Waals surface area contributed by atoms with Gasteiger partial charge in [-0.25, -0.2) is 4.79 Å². The summed E-state index contributed by atoms with van der Waals surface area (Å²) in [6.45, 7) is 9.65. The van der Waals surface area contributed by atoms with Crippen LogP contribution in [-0.2, 0) is 38.5 Å². The van der Waals surface area contributed by atoms with Crippen LogP contribution in [0.15, 0.2) is 84.9 Å². The van der Waals surface area contributed by atoms with Crippen LogP contribution in [0, 0.1) is 5.92 Å². The third-order valence-electron chi connectivity index (χ3n) is 7.35. The summed E-state index contributed by atoms with van der Waals surface area (Å²) >= 11 is 0.958. The monoisotopic (exact) mass is 614 g/mol. The lowest BCUT2D eigenvalue weighted by Gasteiger charge is -2.34. The lowest BCUT2D eigenvalue weighted by molar-refractivity contribution is -0.166. The number of rotatable bonds is 10. The molecule has 0 fully saturated rings. The highest BCUT2D eigenvalue weighted by atomic mass is 32.2. The summed E-state index contributed by atoms with van der Waals surface area (Å²) in [6, 6.07) is 24.3. The second-order valence-corrected chi connectivity index (χ2v) is 13.8. The van der Waals surface area contributed by atoms with Crippen molar-refractivity contribution >= 4 is 34.7 Å². The molecule has 44 heavy (non-hydrogen) atoms. The van der Waals surface area contributed by atoms with Crippen LogP contribution in [0.4, 0.5) is 0 Å². The van der Waals surface area contributed by atoms with Crippen molar-refractivity contribution < 1.29 is 23.9 Å². The van der Waals surface area contributed by atoms with Gasteiger partial charge in [-0.15, -0.1) is 0 Å². The first-order valence-corrected chi connectivity index (χ1v) is 16.0. The van der Waals surface area contributed by atoms with Crippen molar-refractivity contribution in [1.29, 1.82) is 0 Å². The normalized spacial score (nSPS) is 16.5. The second kappa shape index (κ2) is 14.7. The van der Waals surface area contributed by atoms with Crippen molar-refractivity contribution in [2.45, 2.75) is 83.4 Å². The third kappa shape index (κ3) is 9.05. The topological polar surface area (TPSA) is 92.8 Å². The number of hydrogen-bond donors (Lipinski definition) is 1. The number of amides is 2. The van der Waals surface area contributed by atoms with E-state index < -0.39 is 34.8 Å². The predicted octanol–water partition coefficient (Wildman–Crippen LogP) is 6.00. The fourth-order valence-corrected chi connectivity index (χ4v) is 6.26. The minimum Gasteiger partial charge on any atom is -0.458 e. The maximum atomic E-state index is 14.3. The highest BCUT2D eigenvalue weighted by Gasteiger charge is 2.40. The summed E-state index contributed by atoms with van der Waals surface area (Å²) in [5.74, 6) is -1.10. The Kier molecular flexibility index (Phi) is 11.0. The van der Waals surface area contributed by atoms with Crippen molar-refractivity contribution in [2.24, 2.45) is 5.92 Å². The zero-order valence-corrected chi connectivity index (χ0v) is 26.9. The van der Waals surface area contributed by atoms with Crippen molar-refractivity contribution in [2.75, 3.05) is 0 Å². The fraction of sp³-hybridized carbons (Fsp3) is 0.389. The first-order chi connectivity index (χ1) is 20.9. The Labute approximate surface area is 264 Å². The van der Waals surface area contributed by atoms with Crippen LogP contribution in [0.2, 0.25) is 0 Å². The minimum absolute atomic E-state index is 0.113. The minimum atomic E-state index is -0.922. The van der Waals surface area contributed by atoms with Gasteiger partial charge in [-0.05, 0) is 56.2 Å². The standard InChI is InChI=1S/C36H42N2O5S/c1-24(2)20-30(34(41)43-36(3,4)5)38-23-28-19-13-12-18-27(28)22-29(33(38)40)37-32(39)31(21-25-14-8-6-9-15-25)44-35(42)26-16-10-7-11-17-26/h6-19,24,29-31H,20-23H2,1-5H3,(H,37,39). The lowest BCUT2D eigenvalue weighted by Crippen LogP contribution is -2.55. The van der Waals surface area contributed by atoms with Crippen LogP contribution in [0.3, 0.4) is 0 Å². The molecule has 3 aromatic carbocycles. The summed E-state index contributed by atoms with van der Waals surface area (Å²) in [4.78, 5) is 56.6. The number of carbonyl (C=O) groups is 4. The fourth-order valence-electron chi connectivity index (χ4n) is 5.28. The van der Waals surface area contributed by atoms with Gasteiger partial charge in [0.25, 0.3) is 0 Å². The Bertz CT molecular complexity index is 1450. The first kappa shape index (κ1) is 33.0. The van der Waals surface area contributed by atoms with Gasteiger partial charge in [-0.3, -0.25) is 14.4 Å². The number of hydrogen-bond acceptors (Lipinski definition) is 6. The molecule has 0 aliphatic carbocycles. The molecule has 0 bridgehead atoms. The van der Waals surface area contributed by atoms with Gasteiger partial charge in [0, 0.05) is 18.5 Å². The predicted molar refractivity (Wildman–Crippen MR) is 174 cm³/mol. The van der Waals surface area contributed by atoms with E-state index in [0.29, 0.717) is 18.4 Å². The van der Waals surface area contributed by atoms with Crippen LogP contribution >= 0.6 is 11.8 Å². The maximum Gasteiger partial charge on any atom is 0.329 e. The average Bonchev–Trinajstić information content (AvgIpc) is 3.11. The van der Waals surface area contributed by atoms with Crippen molar-refractivity contribution in [3.63, 3.8) is 0 Å². The molecule has 0 saturated heterocycles. The third-order valence-corrected chi connectivity index (χ3v) is 8.46. The Morgan fingerprint density at radius 1 is 0.909 bits per heavy atom. The molecule has 3 unspecified atom stereocenters. The molecule has 1 heterocycles. The number of thioether (sulfide) groups is 1. The summed E-state index contributed by atoms with van der Waals surface area (Å²) in [5, 5.41) is 2.00. The van der Waals surface area contributed by atoms with Gasteiger partial charge in [0.15, 0.2) is 0 Å². The largest absolute Gasteiger partial charge is 0.458 e. The first-order valence-electron chi connectivity index (χ1n) is 15.1. The van der Waals surface area contributed by atoms with Crippen LogP contribution in [0.25, 0.3) is 0 Å². The van der Waals surface area contributed by atoms with Gasteiger partial charge < -0.3 is 15.0 Å². The molecule has 1 aliphatic rings. The van der Waals surface area contributed by atoms with E-state index in [-0.39, 0.29) is 29.9 Å². The van der Waals surface area contributed by atoms with Gasteiger partial charge >= 0.3 is 5.97 Å². The van der Waals surface area contributed by atoms with E-state index in [1.807, 2.05) is 74.5 Å². The highest BCUT2D eigenvalue weighted by Crippen LogP contribution is 2.27. The zero-order valence-electron chi connectivity index (χ0n) is 26.1. The molecular weight excluding hydrogens is 572 g/mol. The number of carbonyl (C=O) groups excluding carboxylic acids is 4. The number of nitrogens with zero attached hydrogens (tertiary/aromatic N) is 1. The molecule has 0 saturated carbocycles. The van der Waals surface area contributed by atoms with Gasteiger partial charge in [0.05, 0.1) is 5.25 Å². The molecule has 3 atom stereocenters. The van der Waals surface area contributed by atoms with Crippen LogP contribution in [0.1, 0.15) is 68.1 Å². The molecule has 4 rings (SSSR count). The highest BCUT2D eigenvalue weighted by molar-refractivity contribution is 8.15. The molecule has 1 N–H and O–H groups in total. The van der Waals surface area contributed by atoms with Crippen molar-refractivity contribution in [3.05, 3.63) is 107 Å². The number of esters is 1. The van der Waals surface area contributed by atoms with Crippen molar-refractivity contribution in [1.82, 2.24) is 10.2 Å². The molecule has 2 amide bonds. The van der Waals surface area contributed by atoms with Crippen LogP contribution < -0.4 is 5.32 Å². The molecule has 7 nitrogen and oxygen atoms in total. The van der Waals surface area contributed by atoms with E-state index in [0.717, 1.165) is 28.5 Å². The van der Waals surface area contributed by atoms with E-state index in [9.17, 15) is 19.2 Å². The molecule has 8 heteroatoms. The quantitative estimate of drug-likeness (QED) is 0.282. The number of fused-ring (bicyclic) bond motifs is 1. The van der Waals surface area contributed by atoms with Gasteiger partial charge in [0.2, 0.25) is 16.9 Å². The van der Waals surface area contributed by atoms with Crippen molar-refractivity contribution in [3.8, 4) is 0 Å². The molecule has 0 spiro atoms. The zero-order chi connectivity index (χ0) is 31.9. The molecule has 1 aliphatic heterocycles. The molecule has 0 radical (unpaired) electrons.